The van der Waals surface area contributed by atoms with E-state index in [4.69, 9.17) is 0 Å². The van der Waals surface area contributed by atoms with Crippen molar-refractivity contribution in [2.75, 3.05) is 5.32 Å². The Morgan fingerprint density at radius 3 is 2.87 bits per heavy atom. The van der Waals surface area contributed by atoms with Crippen LogP contribution in [-0.2, 0) is 13.5 Å². The maximum Gasteiger partial charge on any atom is 0.274 e. The molecule has 0 spiro atoms. The third-order valence-corrected chi connectivity index (χ3v) is 4.40. The topological polar surface area (TPSA) is 59.8 Å². The number of amides is 1. The van der Waals surface area contributed by atoms with E-state index in [0.29, 0.717) is 27.6 Å². The minimum atomic E-state index is -0.340. The zero-order valence-corrected chi connectivity index (χ0v) is 13.9. The lowest BCUT2D eigenvalue weighted by atomic mass is 10.1. The normalized spacial score (nSPS) is 11.3. The van der Waals surface area contributed by atoms with Crippen LogP contribution >= 0.6 is 11.3 Å². The Labute approximate surface area is 137 Å². The largest absolute Gasteiger partial charge is 0.340 e. The van der Waals surface area contributed by atoms with E-state index >= 15 is 0 Å². The minimum Gasteiger partial charge on any atom is -0.340 e. The zero-order valence-electron chi connectivity index (χ0n) is 13.1. The highest BCUT2D eigenvalue weighted by atomic mass is 32.1. The van der Waals surface area contributed by atoms with E-state index in [9.17, 15) is 9.18 Å². The van der Waals surface area contributed by atoms with Crippen LogP contribution in [0.15, 0.2) is 24.3 Å². The van der Waals surface area contributed by atoms with Gasteiger partial charge in [0.15, 0.2) is 0 Å². The van der Waals surface area contributed by atoms with Gasteiger partial charge in [-0.1, -0.05) is 31.3 Å². The molecule has 0 saturated carbocycles. The van der Waals surface area contributed by atoms with Gasteiger partial charge in [0, 0.05) is 18.9 Å². The Morgan fingerprint density at radius 2 is 2.17 bits per heavy atom. The summed E-state index contributed by atoms with van der Waals surface area (Å²) in [7, 11) is 1.74. The Bertz CT molecular complexity index is 868. The molecule has 0 saturated heterocycles. The summed E-state index contributed by atoms with van der Waals surface area (Å²) in [6, 6.07) is 6.34. The van der Waals surface area contributed by atoms with Crippen LogP contribution in [-0.4, -0.2) is 20.7 Å². The van der Waals surface area contributed by atoms with Crippen molar-refractivity contribution in [3.05, 3.63) is 40.8 Å². The molecule has 0 unspecified atom stereocenters. The summed E-state index contributed by atoms with van der Waals surface area (Å²) in [4.78, 5) is 12.4. The fourth-order valence-corrected chi connectivity index (χ4v) is 3.39. The van der Waals surface area contributed by atoms with Crippen LogP contribution in [0.4, 0.5) is 9.52 Å². The lowest BCUT2D eigenvalue weighted by Crippen LogP contribution is -2.15. The van der Waals surface area contributed by atoms with Crippen LogP contribution in [0.5, 0.6) is 0 Å². The van der Waals surface area contributed by atoms with E-state index < -0.39 is 0 Å². The van der Waals surface area contributed by atoms with Crippen molar-refractivity contribution in [3.8, 4) is 0 Å². The first-order chi connectivity index (χ1) is 11.0. The number of nitrogens with zero attached hydrogens (tertiary/aromatic N) is 3. The monoisotopic (exact) mass is 332 g/mol. The number of aromatic nitrogens is 3. The van der Waals surface area contributed by atoms with Crippen LogP contribution in [0.2, 0.25) is 0 Å². The highest BCUT2D eigenvalue weighted by molar-refractivity contribution is 7.15. The summed E-state index contributed by atoms with van der Waals surface area (Å²) in [5.74, 6) is -0.185. The van der Waals surface area contributed by atoms with Gasteiger partial charge in [-0.2, -0.15) is 0 Å². The number of rotatable bonds is 4. The van der Waals surface area contributed by atoms with Gasteiger partial charge in [-0.05, 0) is 24.1 Å². The van der Waals surface area contributed by atoms with E-state index in [-0.39, 0.29) is 11.7 Å². The molecule has 2 heterocycles. The number of hydrogen-bond donors (Lipinski definition) is 1. The molecule has 7 heteroatoms. The lowest BCUT2D eigenvalue weighted by Gasteiger charge is -2.03. The smallest absolute Gasteiger partial charge is 0.274 e. The second-order valence-corrected chi connectivity index (χ2v) is 6.88. The van der Waals surface area contributed by atoms with E-state index in [1.54, 1.807) is 29.8 Å². The predicted molar refractivity (Wildman–Crippen MR) is 89.3 cm³/mol. The molecule has 1 amide bonds. The lowest BCUT2D eigenvalue weighted by molar-refractivity contribution is 0.101. The SMILES string of the molecule is CC(C)Cc1nnc(NC(=O)c2cc3c(F)cccc3n2C)s1. The second-order valence-electron chi connectivity index (χ2n) is 5.81. The molecular formula is C16H17FN4OS. The molecular weight excluding hydrogens is 315 g/mol. The number of benzene rings is 1. The van der Waals surface area contributed by atoms with Crippen LogP contribution < -0.4 is 5.32 Å². The molecule has 0 bridgehead atoms. The first-order valence-electron chi connectivity index (χ1n) is 7.33. The molecule has 0 aliphatic carbocycles. The van der Waals surface area contributed by atoms with Crippen LogP contribution in [0.1, 0.15) is 29.3 Å². The van der Waals surface area contributed by atoms with E-state index in [1.165, 1.54) is 17.4 Å². The van der Waals surface area contributed by atoms with Crippen molar-refractivity contribution < 1.29 is 9.18 Å². The highest BCUT2D eigenvalue weighted by Gasteiger charge is 2.17. The van der Waals surface area contributed by atoms with Crippen LogP contribution in [0.3, 0.4) is 0 Å². The van der Waals surface area contributed by atoms with Gasteiger partial charge in [-0.15, -0.1) is 10.2 Å². The third kappa shape index (κ3) is 3.10. The Kier molecular flexibility index (Phi) is 4.12. The van der Waals surface area contributed by atoms with E-state index in [0.717, 1.165) is 11.4 Å². The first kappa shape index (κ1) is 15.6. The van der Waals surface area contributed by atoms with Gasteiger partial charge in [-0.3, -0.25) is 10.1 Å². The number of aryl methyl sites for hydroxylation is 1. The summed E-state index contributed by atoms with van der Waals surface area (Å²) in [5, 5.41) is 12.6. The summed E-state index contributed by atoms with van der Waals surface area (Å²) in [6.45, 7) is 4.20. The third-order valence-electron chi connectivity index (χ3n) is 3.54. The second kappa shape index (κ2) is 6.08. The van der Waals surface area contributed by atoms with E-state index in [2.05, 4.69) is 29.4 Å². The van der Waals surface area contributed by atoms with Crippen LogP contribution in [0.25, 0.3) is 10.9 Å². The van der Waals surface area contributed by atoms with Crippen molar-refractivity contribution in [1.82, 2.24) is 14.8 Å². The quantitative estimate of drug-likeness (QED) is 0.794. The maximum absolute atomic E-state index is 13.8. The number of hydrogen-bond acceptors (Lipinski definition) is 4. The summed E-state index contributed by atoms with van der Waals surface area (Å²) in [6.07, 6.45) is 0.826. The molecule has 23 heavy (non-hydrogen) atoms. The van der Waals surface area contributed by atoms with Crippen molar-refractivity contribution in [2.45, 2.75) is 20.3 Å². The minimum absolute atomic E-state index is 0.324. The van der Waals surface area contributed by atoms with Gasteiger partial charge in [0.1, 0.15) is 16.5 Å². The Morgan fingerprint density at radius 1 is 1.39 bits per heavy atom. The van der Waals surface area contributed by atoms with Gasteiger partial charge in [0.05, 0.1) is 5.52 Å². The first-order valence-corrected chi connectivity index (χ1v) is 8.15. The molecule has 0 aliphatic rings. The number of carbonyl (C=O) groups is 1. The maximum atomic E-state index is 13.8. The fourth-order valence-electron chi connectivity index (χ4n) is 2.44. The zero-order chi connectivity index (χ0) is 16.6. The van der Waals surface area contributed by atoms with Crippen molar-refractivity contribution in [2.24, 2.45) is 13.0 Å². The van der Waals surface area contributed by atoms with E-state index in [1.807, 2.05) is 0 Å². The molecule has 120 valence electrons. The number of halogens is 1. The van der Waals surface area contributed by atoms with Gasteiger partial charge >= 0.3 is 0 Å². The summed E-state index contributed by atoms with van der Waals surface area (Å²) < 4.78 is 15.5. The average molecular weight is 332 g/mol. The Hall–Kier alpha value is -2.28. The predicted octanol–water partition coefficient (Wildman–Crippen LogP) is 3.62. The van der Waals surface area contributed by atoms with Gasteiger partial charge in [0.25, 0.3) is 5.91 Å². The number of anilines is 1. The number of fused-ring (bicyclic) bond motifs is 1. The molecule has 0 atom stereocenters. The molecule has 1 N–H and O–H groups in total. The van der Waals surface area contributed by atoms with Crippen molar-refractivity contribution in [3.63, 3.8) is 0 Å². The summed E-state index contributed by atoms with van der Waals surface area (Å²) in [5.41, 5.74) is 1.05. The Balaban J connectivity index is 1.85. The van der Waals surface area contributed by atoms with Gasteiger partial charge < -0.3 is 4.57 Å². The number of carbonyl (C=O) groups excluding carboxylic acids is 1. The fraction of sp³-hybridized carbons (Fsp3) is 0.312. The molecule has 3 rings (SSSR count). The van der Waals surface area contributed by atoms with Crippen LogP contribution in [0, 0.1) is 11.7 Å². The number of nitrogens with one attached hydrogen (secondary N) is 1. The summed E-state index contributed by atoms with van der Waals surface area (Å²) >= 11 is 1.36. The molecule has 3 aromatic rings. The molecule has 1 aromatic carbocycles. The van der Waals surface area contributed by atoms with Crippen molar-refractivity contribution in [1.29, 1.82) is 0 Å². The molecule has 0 radical (unpaired) electrons. The van der Waals surface area contributed by atoms with Crippen molar-refractivity contribution >= 4 is 33.3 Å². The molecule has 0 fully saturated rings. The standard InChI is InChI=1S/C16H17FN4OS/c1-9(2)7-14-19-20-16(23-14)18-15(22)13-8-10-11(17)5-4-6-12(10)21(13)3/h4-6,8-9H,7H2,1-3H3,(H,18,20,22). The van der Waals surface area contributed by atoms with Gasteiger partial charge in [-0.25, -0.2) is 4.39 Å². The highest BCUT2D eigenvalue weighted by Crippen LogP contribution is 2.23. The molecule has 0 aliphatic heterocycles. The molecule has 5 nitrogen and oxygen atoms in total. The van der Waals surface area contributed by atoms with Gasteiger partial charge in [0.2, 0.25) is 5.13 Å². The molecule has 2 aromatic heterocycles. The average Bonchev–Trinajstić information content (AvgIpc) is 3.04.